The molecule has 0 spiro atoms. The van der Waals surface area contributed by atoms with Crippen molar-refractivity contribution in [2.45, 2.75) is 25.5 Å². The Morgan fingerprint density at radius 2 is 1.95 bits per heavy atom. The van der Waals surface area contributed by atoms with Gasteiger partial charge in [0.15, 0.2) is 0 Å². The number of benzene rings is 1. The van der Waals surface area contributed by atoms with Crippen LogP contribution in [-0.2, 0) is 11.0 Å². The molecule has 0 N–H and O–H groups in total. The van der Waals surface area contributed by atoms with Crippen LogP contribution in [-0.4, -0.2) is 20.3 Å². The number of halogens is 1. The molecule has 2 rings (SSSR count). The minimum Gasteiger partial charge on any atom is -0.363 e. The fourth-order valence-electron chi connectivity index (χ4n) is 1.44. The first-order valence-electron chi connectivity index (χ1n) is 6.04. The van der Waals surface area contributed by atoms with Crippen LogP contribution >= 0.6 is 11.6 Å². The van der Waals surface area contributed by atoms with Crippen molar-refractivity contribution in [2.75, 3.05) is 0 Å². The minimum atomic E-state index is -1.32. The normalized spacial score (nSPS) is 13.8. The van der Waals surface area contributed by atoms with Crippen molar-refractivity contribution in [3.63, 3.8) is 0 Å². The summed E-state index contributed by atoms with van der Waals surface area (Å²) in [5, 5.41) is 4.54. The molecule has 6 heteroatoms. The van der Waals surface area contributed by atoms with E-state index in [-0.39, 0.29) is 0 Å². The zero-order valence-corrected chi connectivity index (χ0v) is 13.0. The van der Waals surface area contributed by atoms with Gasteiger partial charge in [-0.25, -0.2) is 4.21 Å². The molecule has 0 saturated carbocycles. The molecule has 0 unspecified atom stereocenters. The lowest BCUT2D eigenvalue weighted by Gasteiger charge is -2.12. The second kappa shape index (κ2) is 5.89. The highest BCUT2D eigenvalue weighted by Gasteiger charge is 2.18. The van der Waals surface area contributed by atoms with Crippen LogP contribution in [0.1, 0.15) is 26.5 Å². The minimum absolute atomic E-state index is 0.402. The Balaban J connectivity index is 2.28. The Morgan fingerprint density at radius 3 is 2.55 bits per heavy atom. The van der Waals surface area contributed by atoms with Crippen molar-refractivity contribution in [1.82, 2.24) is 5.16 Å². The molecule has 20 heavy (non-hydrogen) atoms. The van der Waals surface area contributed by atoms with E-state index >= 15 is 0 Å². The van der Waals surface area contributed by atoms with Gasteiger partial charge in [0.25, 0.3) is 0 Å². The molecule has 1 atom stereocenters. The molecule has 106 valence electrons. The molecule has 0 fully saturated rings. The highest BCUT2D eigenvalue weighted by Crippen LogP contribution is 2.24. The van der Waals surface area contributed by atoms with Crippen molar-refractivity contribution in [3.8, 4) is 11.1 Å². The molecule has 2 aromatic rings. The van der Waals surface area contributed by atoms with Crippen LogP contribution in [0.15, 0.2) is 39.4 Å². The molecule has 1 heterocycles. The molecule has 1 aromatic heterocycles. The van der Waals surface area contributed by atoms with Crippen molar-refractivity contribution in [2.24, 2.45) is 4.40 Å². The van der Waals surface area contributed by atoms with Gasteiger partial charge < -0.3 is 4.52 Å². The number of aromatic nitrogens is 1. The van der Waals surface area contributed by atoms with Crippen LogP contribution < -0.4 is 0 Å². The average molecular weight is 311 g/mol. The summed E-state index contributed by atoms with van der Waals surface area (Å²) in [6.07, 6.45) is 3.01. The third-order valence-electron chi connectivity index (χ3n) is 2.55. The first kappa shape index (κ1) is 14.9. The third-order valence-corrected chi connectivity index (χ3v) is 4.14. The summed E-state index contributed by atoms with van der Waals surface area (Å²) in [7, 11) is -1.32. The van der Waals surface area contributed by atoms with Gasteiger partial charge in [0.1, 0.15) is 22.9 Å². The van der Waals surface area contributed by atoms with Gasteiger partial charge in [-0.2, -0.15) is 4.40 Å². The maximum atomic E-state index is 11.9. The van der Waals surface area contributed by atoms with E-state index in [1.54, 1.807) is 12.1 Å². The summed E-state index contributed by atoms with van der Waals surface area (Å²) >= 11 is 5.86. The molecular weight excluding hydrogens is 296 g/mol. The molecule has 0 bridgehead atoms. The highest BCUT2D eigenvalue weighted by molar-refractivity contribution is 7.85. The summed E-state index contributed by atoms with van der Waals surface area (Å²) in [6.45, 7) is 5.59. The van der Waals surface area contributed by atoms with Gasteiger partial charge in [0.05, 0.1) is 16.5 Å². The molecule has 1 aromatic carbocycles. The van der Waals surface area contributed by atoms with E-state index in [4.69, 9.17) is 16.1 Å². The van der Waals surface area contributed by atoms with E-state index in [9.17, 15) is 4.21 Å². The monoisotopic (exact) mass is 310 g/mol. The third kappa shape index (κ3) is 3.55. The van der Waals surface area contributed by atoms with Crippen LogP contribution in [0.5, 0.6) is 0 Å². The van der Waals surface area contributed by atoms with Crippen LogP contribution in [0, 0.1) is 0 Å². The maximum Gasteiger partial charge on any atom is 0.144 e. The van der Waals surface area contributed by atoms with E-state index < -0.39 is 15.7 Å². The Kier molecular flexibility index (Phi) is 4.40. The first-order chi connectivity index (χ1) is 9.38. The number of rotatable bonds is 3. The van der Waals surface area contributed by atoms with Gasteiger partial charge in [0, 0.05) is 5.02 Å². The van der Waals surface area contributed by atoms with Gasteiger partial charge in [-0.3, -0.25) is 0 Å². The van der Waals surface area contributed by atoms with E-state index in [0.29, 0.717) is 10.7 Å². The van der Waals surface area contributed by atoms with Gasteiger partial charge in [-0.15, -0.1) is 0 Å². The summed E-state index contributed by atoms with van der Waals surface area (Å²) in [6, 6.07) is 7.32. The van der Waals surface area contributed by atoms with Crippen molar-refractivity contribution in [3.05, 3.63) is 41.2 Å². The van der Waals surface area contributed by atoms with E-state index in [1.165, 1.54) is 12.5 Å². The maximum absolute atomic E-state index is 11.9. The number of nitrogens with zero attached hydrogens (tertiary/aromatic N) is 2. The molecule has 0 aliphatic rings. The summed E-state index contributed by atoms with van der Waals surface area (Å²) < 4.78 is 20.5. The molecular formula is C14H15ClN2O2S. The van der Waals surface area contributed by atoms with E-state index in [2.05, 4.69) is 9.55 Å². The molecule has 0 aliphatic carbocycles. The van der Waals surface area contributed by atoms with Gasteiger partial charge in [0.2, 0.25) is 0 Å². The first-order valence-corrected chi connectivity index (χ1v) is 7.53. The van der Waals surface area contributed by atoms with Crippen LogP contribution in [0.4, 0.5) is 0 Å². The predicted octanol–water partition coefficient (Wildman–Crippen LogP) is 3.88. The van der Waals surface area contributed by atoms with Crippen LogP contribution in [0.25, 0.3) is 11.1 Å². The molecule has 0 amide bonds. The summed E-state index contributed by atoms with van der Waals surface area (Å²) in [4.78, 5) is 0. The van der Waals surface area contributed by atoms with Crippen LogP contribution in [0.3, 0.4) is 0 Å². The second-order valence-corrected chi connectivity index (χ2v) is 7.59. The lowest BCUT2D eigenvalue weighted by atomic mass is 10.1. The largest absolute Gasteiger partial charge is 0.363 e. The average Bonchev–Trinajstić information content (AvgIpc) is 2.84. The van der Waals surface area contributed by atoms with Crippen molar-refractivity contribution >= 4 is 28.8 Å². The van der Waals surface area contributed by atoms with Gasteiger partial charge >= 0.3 is 0 Å². The SMILES string of the molecule is CC(C)(C)[S@](=O)/N=C/c1nocc1-c1ccc(Cl)cc1. The fourth-order valence-corrected chi connectivity index (χ4v) is 2.08. The standard InChI is InChI=1S/C14H15ClN2O2S/c1-14(2,3)20(18)16-8-13-12(9-19-17-13)10-4-6-11(15)7-5-10/h4-9H,1-3H3/b16-8+/t20-/m0/s1. The van der Waals surface area contributed by atoms with Crippen LogP contribution in [0.2, 0.25) is 5.02 Å². The highest BCUT2D eigenvalue weighted by atomic mass is 35.5. The predicted molar refractivity (Wildman–Crippen MR) is 82.4 cm³/mol. The smallest absolute Gasteiger partial charge is 0.144 e. The van der Waals surface area contributed by atoms with Gasteiger partial charge in [-0.1, -0.05) is 28.9 Å². The second-order valence-electron chi connectivity index (χ2n) is 5.22. The quantitative estimate of drug-likeness (QED) is 0.808. The molecule has 0 aliphatic heterocycles. The Labute approximate surface area is 125 Å². The lowest BCUT2D eigenvalue weighted by Crippen LogP contribution is -2.19. The Hall–Kier alpha value is -1.46. The van der Waals surface area contributed by atoms with Crippen molar-refractivity contribution in [1.29, 1.82) is 0 Å². The fraction of sp³-hybridized carbons (Fsp3) is 0.286. The molecule has 4 nitrogen and oxygen atoms in total. The molecule has 0 radical (unpaired) electrons. The topological polar surface area (TPSA) is 55.5 Å². The zero-order chi connectivity index (χ0) is 14.8. The zero-order valence-electron chi connectivity index (χ0n) is 11.5. The Bertz CT molecular complexity index is 642. The van der Waals surface area contributed by atoms with E-state index in [1.807, 2.05) is 32.9 Å². The Morgan fingerprint density at radius 1 is 1.30 bits per heavy atom. The summed E-state index contributed by atoms with van der Waals surface area (Å²) in [5.74, 6) is 0. The number of hydrogen-bond donors (Lipinski definition) is 0. The van der Waals surface area contributed by atoms with Crippen molar-refractivity contribution < 1.29 is 8.73 Å². The molecule has 0 saturated heterocycles. The van der Waals surface area contributed by atoms with E-state index in [0.717, 1.165) is 11.1 Å². The lowest BCUT2D eigenvalue weighted by molar-refractivity contribution is 0.419. The number of hydrogen-bond acceptors (Lipinski definition) is 3. The summed E-state index contributed by atoms with van der Waals surface area (Å²) in [5.41, 5.74) is 2.25. The van der Waals surface area contributed by atoms with Gasteiger partial charge in [-0.05, 0) is 38.5 Å².